The first-order valence-electron chi connectivity index (χ1n) is 10.1. The number of piperidine rings is 1. The van der Waals surface area contributed by atoms with E-state index in [0.717, 1.165) is 5.56 Å². The van der Waals surface area contributed by atoms with Crippen LogP contribution >= 0.6 is 0 Å². The third-order valence-electron chi connectivity index (χ3n) is 6.09. The van der Waals surface area contributed by atoms with E-state index in [0.29, 0.717) is 56.2 Å². The number of carbonyl (C=O) groups excluding carboxylic acids is 1. The van der Waals surface area contributed by atoms with Crippen molar-refractivity contribution in [2.24, 2.45) is 0 Å². The van der Waals surface area contributed by atoms with Crippen molar-refractivity contribution in [1.82, 2.24) is 4.90 Å². The van der Waals surface area contributed by atoms with Gasteiger partial charge in [-0.2, -0.15) is 0 Å². The number of likely N-dealkylation sites (tertiary alicyclic amines) is 1. The van der Waals surface area contributed by atoms with E-state index >= 15 is 0 Å². The lowest BCUT2D eigenvalue weighted by Gasteiger charge is -2.39. The third kappa shape index (κ3) is 3.53. The average Bonchev–Trinajstić information content (AvgIpc) is 3.36. The van der Waals surface area contributed by atoms with Gasteiger partial charge in [-0.05, 0) is 54.8 Å². The summed E-state index contributed by atoms with van der Waals surface area (Å²) in [5.41, 5.74) is 0.648. The van der Waals surface area contributed by atoms with Gasteiger partial charge in [0.1, 0.15) is 11.9 Å². The third-order valence-corrected chi connectivity index (χ3v) is 6.09. The van der Waals surface area contributed by atoms with E-state index in [1.165, 1.54) is 0 Å². The Kier molecular flexibility index (Phi) is 4.67. The van der Waals surface area contributed by atoms with Crippen molar-refractivity contribution < 1.29 is 29.2 Å². The topological polar surface area (TPSA) is 91.7 Å². The maximum atomic E-state index is 12.3. The molecule has 1 atom stereocenters. The number of aliphatic hydroxyl groups is 1. The molecule has 0 bridgehead atoms. The number of hydrogen-bond acceptors (Lipinski definition) is 7. The zero-order valence-corrected chi connectivity index (χ0v) is 16.5. The van der Waals surface area contributed by atoms with Crippen LogP contribution in [0.4, 0.5) is 10.5 Å². The second-order valence-corrected chi connectivity index (χ2v) is 8.03. The summed E-state index contributed by atoms with van der Waals surface area (Å²) < 4.78 is 16.3. The standard InChI is InChI=1S/C22H24N2O6/c25-17-4-2-16(3-5-17)24-13-18(30-21(24)26)12-23-9-7-22(27,8-10-23)15-1-6-19-20(11-15)29-14-28-19/h1-6,11,18,25,27H,7-10,12-14H2/t18-/m0/s1. The number of benzene rings is 2. The number of aromatic hydroxyl groups is 1. The predicted octanol–water partition coefficient (Wildman–Crippen LogP) is 2.43. The summed E-state index contributed by atoms with van der Waals surface area (Å²) in [6.45, 7) is 2.72. The van der Waals surface area contributed by atoms with Crippen LogP contribution in [0, 0.1) is 0 Å². The van der Waals surface area contributed by atoms with E-state index in [1.807, 2.05) is 18.2 Å². The highest BCUT2D eigenvalue weighted by atomic mass is 16.7. The van der Waals surface area contributed by atoms with Gasteiger partial charge in [0.15, 0.2) is 11.5 Å². The van der Waals surface area contributed by atoms with Gasteiger partial charge in [-0.1, -0.05) is 6.07 Å². The van der Waals surface area contributed by atoms with Crippen molar-refractivity contribution in [3.8, 4) is 17.2 Å². The van der Waals surface area contributed by atoms with Crippen molar-refractivity contribution in [2.75, 3.05) is 37.9 Å². The van der Waals surface area contributed by atoms with Crippen molar-refractivity contribution in [3.63, 3.8) is 0 Å². The van der Waals surface area contributed by atoms with Gasteiger partial charge < -0.3 is 24.4 Å². The number of fused-ring (bicyclic) bond motifs is 1. The van der Waals surface area contributed by atoms with Crippen molar-refractivity contribution >= 4 is 11.8 Å². The lowest BCUT2D eigenvalue weighted by atomic mass is 9.84. The maximum absolute atomic E-state index is 12.3. The van der Waals surface area contributed by atoms with Crippen LogP contribution in [0.5, 0.6) is 17.2 Å². The monoisotopic (exact) mass is 412 g/mol. The van der Waals surface area contributed by atoms with Crippen LogP contribution in [-0.4, -0.2) is 60.3 Å². The number of ether oxygens (including phenoxy) is 3. The molecule has 2 saturated heterocycles. The first-order chi connectivity index (χ1) is 14.5. The summed E-state index contributed by atoms with van der Waals surface area (Å²) in [4.78, 5) is 16.1. The Morgan fingerprint density at radius 1 is 1.03 bits per heavy atom. The van der Waals surface area contributed by atoms with Gasteiger partial charge in [0.2, 0.25) is 6.79 Å². The fourth-order valence-electron chi connectivity index (χ4n) is 4.33. The van der Waals surface area contributed by atoms with Gasteiger partial charge in [0, 0.05) is 25.3 Å². The summed E-state index contributed by atoms with van der Waals surface area (Å²) in [7, 11) is 0. The number of cyclic esters (lactones) is 1. The number of carbonyl (C=O) groups is 1. The lowest BCUT2D eigenvalue weighted by molar-refractivity contribution is -0.0325. The van der Waals surface area contributed by atoms with Crippen LogP contribution in [0.1, 0.15) is 18.4 Å². The molecule has 3 aliphatic heterocycles. The summed E-state index contributed by atoms with van der Waals surface area (Å²) in [6, 6.07) is 12.1. The summed E-state index contributed by atoms with van der Waals surface area (Å²) >= 11 is 0. The zero-order chi connectivity index (χ0) is 20.7. The van der Waals surface area contributed by atoms with Crippen LogP contribution in [0.25, 0.3) is 0 Å². The number of nitrogens with zero attached hydrogens (tertiary/aromatic N) is 2. The maximum Gasteiger partial charge on any atom is 0.414 e. The molecular formula is C22H24N2O6. The number of phenolic OH excluding ortho intramolecular Hbond substituents is 1. The molecule has 2 aromatic rings. The smallest absolute Gasteiger partial charge is 0.414 e. The molecule has 158 valence electrons. The SMILES string of the molecule is O=C1O[C@@H](CN2CCC(O)(c3ccc4c(c3)OCO4)CC2)CN1c1ccc(O)cc1. The van der Waals surface area contributed by atoms with E-state index in [2.05, 4.69) is 4.90 Å². The fourth-order valence-corrected chi connectivity index (χ4v) is 4.33. The van der Waals surface area contributed by atoms with Gasteiger partial charge in [-0.3, -0.25) is 9.80 Å². The van der Waals surface area contributed by atoms with Crippen molar-refractivity contribution in [1.29, 1.82) is 0 Å². The molecule has 8 nitrogen and oxygen atoms in total. The molecule has 1 amide bonds. The number of phenols is 1. The molecule has 3 aliphatic rings. The molecule has 0 aliphatic carbocycles. The Balaban J connectivity index is 1.18. The minimum atomic E-state index is -0.901. The van der Waals surface area contributed by atoms with E-state index in [4.69, 9.17) is 14.2 Å². The summed E-state index contributed by atoms with van der Waals surface area (Å²) in [5.74, 6) is 1.54. The molecule has 3 heterocycles. The van der Waals surface area contributed by atoms with E-state index < -0.39 is 5.60 Å². The van der Waals surface area contributed by atoms with Gasteiger partial charge in [-0.15, -0.1) is 0 Å². The predicted molar refractivity (Wildman–Crippen MR) is 108 cm³/mol. The van der Waals surface area contributed by atoms with Gasteiger partial charge >= 0.3 is 6.09 Å². The summed E-state index contributed by atoms with van der Waals surface area (Å²) in [6.07, 6.45) is 0.576. The Hall–Kier alpha value is -2.97. The van der Waals surface area contributed by atoms with Crippen LogP contribution in [0.3, 0.4) is 0 Å². The Labute approximate surface area is 174 Å². The largest absolute Gasteiger partial charge is 0.508 e. The second-order valence-electron chi connectivity index (χ2n) is 8.03. The molecule has 0 spiro atoms. The lowest BCUT2D eigenvalue weighted by Crippen LogP contribution is -2.45. The molecule has 2 fully saturated rings. The molecule has 0 saturated carbocycles. The second kappa shape index (κ2) is 7.37. The van der Waals surface area contributed by atoms with Crippen LogP contribution in [0.2, 0.25) is 0 Å². The van der Waals surface area contributed by atoms with Gasteiger partial charge in [0.25, 0.3) is 0 Å². The average molecular weight is 412 g/mol. The van der Waals surface area contributed by atoms with E-state index in [-0.39, 0.29) is 24.7 Å². The molecule has 0 radical (unpaired) electrons. The molecule has 0 aromatic heterocycles. The molecular weight excluding hydrogens is 388 g/mol. The van der Waals surface area contributed by atoms with Crippen LogP contribution in [0.15, 0.2) is 42.5 Å². The van der Waals surface area contributed by atoms with Gasteiger partial charge in [-0.25, -0.2) is 4.79 Å². The highest BCUT2D eigenvalue weighted by molar-refractivity contribution is 5.89. The van der Waals surface area contributed by atoms with E-state index in [1.54, 1.807) is 29.2 Å². The number of hydrogen-bond donors (Lipinski definition) is 2. The molecule has 5 rings (SSSR count). The minimum Gasteiger partial charge on any atom is -0.508 e. The molecule has 8 heteroatoms. The summed E-state index contributed by atoms with van der Waals surface area (Å²) in [5, 5.41) is 20.6. The van der Waals surface area contributed by atoms with Crippen molar-refractivity contribution in [3.05, 3.63) is 48.0 Å². The molecule has 0 unspecified atom stereocenters. The molecule has 2 N–H and O–H groups in total. The Morgan fingerprint density at radius 3 is 2.53 bits per heavy atom. The van der Waals surface area contributed by atoms with Crippen LogP contribution < -0.4 is 14.4 Å². The van der Waals surface area contributed by atoms with Crippen molar-refractivity contribution in [2.45, 2.75) is 24.5 Å². The Bertz CT molecular complexity index is 939. The number of anilines is 1. The Morgan fingerprint density at radius 2 is 1.77 bits per heavy atom. The highest BCUT2D eigenvalue weighted by Gasteiger charge is 2.38. The number of rotatable bonds is 4. The van der Waals surface area contributed by atoms with Gasteiger partial charge in [0.05, 0.1) is 12.1 Å². The quantitative estimate of drug-likeness (QED) is 0.797. The highest BCUT2D eigenvalue weighted by Crippen LogP contribution is 2.39. The first kappa shape index (κ1) is 19.0. The minimum absolute atomic E-state index is 0.158. The zero-order valence-electron chi connectivity index (χ0n) is 16.5. The fraction of sp³-hybridized carbons (Fsp3) is 0.409. The van der Waals surface area contributed by atoms with Crippen LogP contribution in [-0.2, 0) is 10.3 Å². The number of amides is 1. The normalized spacial score (nSPS) is 22.9. The molecule has 30 heavy (non-hydrogen) atoms. The first-order valence-corrected chi connectivity index (χ1v) is 10.1. The van der Waals surface area contributed by atoms with E-state index in [9.17, 15) is 15.0 Å². The molecule has 2 aromatic carbocycles.